The predicted molar refractivity (Wildman–Crippen MR) is 65.2 cm³/mol. The molecule has 4 heteroatoms. The lowest BCUT2D eigenvalue weighted by atomic mass is 10.2. The van der Waals surface area contributed by atoms with Crippen LogP contribution in [0.3, 0.4) is 0 Å². The van der Waals surface area contributed by atoms with E-state index in [0.717, 1.165) is 12.1 Å². The van der Waals surface area contributed by atoms with Crippen molar-refractivity contribution in [3.8, 4) is 11.8 Å². The largest absolute Gasteiger partial charge is 0.350 e. The van der Waals surface area contributed by atoms with Crippen LogP contribution >= 0.6 is 0 Å². The Morgan fingerprint density at radius 1 is 1.53 bits per heavy atom. The van der Waals surface area contributed by atoms with Crippen molar-refractivity contribution in [1.82, 2.24) is 10.3 Å². The molecule has 0 radical (unpaired) electrons. The minimum Gasteiger partial charge on any atom is -0.350 e. The van der Waals surface area contributed by atoms with Crippen molar-refractivity contribution in [3.63, 3.8) is 0 Å². The summed E-state index contributed by atoms with van der Waals surface area (Å²) in [6.45, 7) is 1.08. The molecule has 1 aromatic heterocycles. The fraction of sp³-hybridized carbons (Fsp3) is 0.385. The molecule has 1 saturated carbocycles. The second-order valence-electron chi connectivity index (χ2n) is 4.09. The first-order valence-electron chi connectivity index (χ1n) is 5.73. The zero-order valence-electron chi connectivity index (χ0n) is 9.57. The van der Waals surface area contributed by atoms with Gasteiger partial charge in [0.2, 0.25) is 0 Å². The van der Waals surface area contributed by atoms with Crippen LogP contribution in [0.25, 0.3) is 0 Å². The molecule has 17 heavy (non-hydrogen) atoms. The molecule has 1 amide bonds. The van der Waals surface area contributed by atoms with E-state index >= 15 is 0 Å². The van der Waals surface area contributed by atoms with Crippen LogP contribution in [0.1, 0.15) is 28.9 Å². The Balaban J connectivity index is 1.93. The summed E-state index contributed by atoms with van der Waals surface area (Å²) in [5.74, 6) is 6.16. The number of aromatic nitrogens is 1. The maximum absolute atomic E-state index is 11.7. The highest BCUT2D eigenvalue weighted by molar-refractivity contribution is 5.92. The zero-order valence-corrected chi connectivity index (χ0v) is 9.57. The van der Waals surface area contributed by atoms with E-state index in [4.69, 9.17) is 5.73 Å². The highest BCUT2D eigenvalue weighted by Crippen LogP contribution is 2.27. The fourth-order valence-corrected chi connectivity index (χ4v) is 1.40. The molecule has 1 fully saturated rings. The number of amides is 1. The minimum atomic E-state index is -0.116. The molecule has 0 spiro atoms. The third kappa shape index (κ3) is 3.58. The Morgan fingerprint density at radius 2 is 2.35 bits per heavy atom. The summed E-state index contributed by atoms with van der Waals surface area (Å²) < 4.78 is 0. The minimum absolute atomic E-state index is 0.116. The number of hydrogen-bond donors (Lipinski definition) is 2. The molecule has 0 saturated heterocycles. The standard InChI is InChI=1S/C13H15N3O/c14-7-1-2-10-5-6-12(15-8-10)13(17)16-9-11-3-4-11/h5-6,8,11H,3-4,7,9,14H2,(H,16,17). The van der Waals surface area contributed by atoms with E-state index in [2.05, 4.69) is 22.1 Å². The van der Waals surface area contributed by atoms with Gasteiger partial charge in [-0.2, -0.15) is 0 Å². The molecule has 0 atom stereocenters. The van der Waals surface area contributed by atoms with Gasteiger partial charge in [0.15, 0.2) is 0 Å². The molecule has 0 aliphatic heterocycles. The normalized spacial score (nSPS) is 13.7. The van der Waals surface area contributed by atoms with E-state index in [9.17, 15) is 4.79 Å². The third-order valence-corrected chi connectivity index (χ3v) is 2.58. The lowest BCUT2D eigenvalue weighted by Crippen LogP contribution is -2.26. The molecule has 2 rings (SSSR count). The van der Waals surface area contributed by atoms with Gasteiger partial charge >= 0.3 is 0 Å². The molecule has 88 valence electrons. The van der Waals surface area contributed by atoms with Crippen molar-refractivity contribution in [1.29, 1.82) is 0 Å². The Kier molecular flexibility index (Phi) is 3.73. The molecule has 1 aromatic rings. The number of nitrogens with one attached hydrogen (secondary N) is 1. The van der Waals surface area contributed by atoms with Gasteiger partial charge in [0.05, 0.1) is 6.54 Å². The van der Waals surface area contributed by atoms with Crippen molar-refractivity contribution >= 4 is 5.91 Å². The van der Waals surface area contributed by atoms with E-state index in [0.29, 0.717) is 18.2 Å². The van der Waals surface area contributed by atoms with Crippen molar-refractivity contribution < 1.29 is 4.79 Å². The molecule has 4 nitrogen and oxygen atoms in total. The number of hydrogen-bond acceptors (Lipinski definition) is 3. The Labute approximate surface area is 101 Å². The number of carbonyl (C=O) groups is 1. The summed E-state index contributed by atoms with van der Waals surface area (Å²) in [5, 5.41) is 2.87. The first-order chi connectivity index (χ1) is 8.29. The molecule has 1 aliphatic rings. The zero-order chi connectivity index (χ0) is 12.1. The van der Waals surface area contributed by atoms with Gasteiger partial charge in [-0.05, 0) is 30.9 Å². The van der Waals surface area contributed by atoms with Gasteiger partial charge in [-0.15, -0.1) is 0 Å². The second-order valence-corrected chi connectivity index (χ2v) is 4.09. The van der Waals surface area contributed by atoms with Gasteiger partial charge < -0.3 is 11.1 Å². The Bertz CT molecular complexity index is 452. The molecule has 1 aliphatic carbocycles. The van der Waals surface area contributed by atoms with E-state index in [1.165, 1.54) is 12.8 Å². The number of pyridine rings is 1. The Hall–Kier alpha value is -1.86. The summed E-state index contributed by atoms with van der Waals surface area (Å²) in [6, 6.07) is 3.46. The molecule has 0 aromatic carbocycles. The fourth-order valence-electron chi connectivity index (χ4n) is 1.40. The van der Waals surface area contributed by atoms with Gasteiger partial charge in [-0.1, -0.05) is 11.8 Å². The molecule has 0 bridgehead atoms. The monoisotopic (exact) mass is 229 g/mol. The van der Waals surface area contributed by atoms with Crippen LogP contribution < -0.4 is 11.1 Å². The van der Waals surface area contributed by atoms with Gasteiger partial charge in [0.25, 0.3) is 5.91 Å². The Morgan fingerprint density at radius 3 is 2.94 bits per heavy atom. The molecule has 3 N–H and O–H groups in total. The number of rotatable bonds is 3. The topological polar surface area (TPSA) is 68.0 Å². The lowest BCUT2D eigenvalue weighted by molar-refractivity contribution is 0.0947. The first kappa shape index (κ1) is 11.6. The smallest absolute Gasteiger partial charge is 0.269 e. The summed E-state index contributed by atoms with van der Waals surface area (Å²) in [7, 11) is 0. The highest BCUT2D eigenvalue weighted by Gasteiger charge is 2.21. The molecular weight excluding hydrogens is 214 g/mol. The molecule has 1 heterocycles. The van der Waals surface area contributed by atoms with Crippen molar-refractivity contribution in [2.45, 2.75) is 12.8 Å². The average Bonchev–Trinajstić information content (AvgIpc) is 3.18. The summed E-state index contributed by atoms with van der Waals surface area (Å²) in [6.07, 6.45) is 4.04. The van der Waals surface area contributed by atoms with Crippen LogP contribution in [0.15, 0.2) is 18.3 Å². The molecule has 0 unspecified atom stereocenters. The number of carbonyl (C=O) groups excluding carboxylic acids is 1. The number of nitrogens with two attached hydrogens (primary N) is 1. The van der Waals surface area contributed by atoms with Crippen molar-refractivity contribution in [3.05, 3.63) is 29.6 Å². The van der Waals surface area contributed by atoms with Crippen LogP contribution in [0.4, 0.5) is 0 Å². The maximum atomic E-state index is 11.7. The van der Waals surface area contributed by atoms with Crippen LogP contribution in [-0.2, 0) is 0 Å². The van der Waals surface area contributed by atoms with E-state index < -0.39 is 0 Å². The van der Waals surface area contributed by atoms with E-state index in [1.807, 2.05) is 0 Å². The van der Waals surface area contributed by atoms with Crippen LogP contribution in [-0.4, -0.2) is 24.0 Å². The summed E-state index contributed by atoms with van der Waals surface area (Å²) in [5.41, 5.74) is 6.48. The quantitative estimate of drug-likeness (QED) is 0.743. The van der Waals surface area contributed by atoms with Gasteiger partial charge in [0.1, 0.15) is 5.69 Å². The van der Waals surface area contributed by atoms with Gasteiger partial charge in [-0.25, -0.2) is 4.98 Å². The number of nitrogens with zero attached hydrogens (tertiary/aromatic N) is 1. The van der Waals surface area contributed by atoms with Crippen LogP contribution in [0.5, 0.6) is 0 Å². The molecular formula is C13H15N3O. The summed E-state index contributed by atoms with van der Waals surface area (Å²) in [4.78, 5) is 15.7. The average molecular weight is 229 g/mol. The third-order valence-electron chi connectivity index (χ3n) is 2.58. The SMILES string of the molecule is NCC#Cc1ccc(C(=O)NCC2CC2)nc1. The summed E-state index contributed by atoms with van der Waals surface area (Å²) >= 11 is 0. The van der Waals surface area contributed by atoms with Crippen LogP contribution in [0.2, 0.25) is 0 Å². The lowest BCUT2D eigenvalue weighted by Gasteiger charge is -2.02. The highest BCUT2D eigenvalue weighted by atomic mass is 16.1. The predicted octanol–water partition coefficient (Wildman–Crippen LogP) is 0.532. The first-order valence-corrected chi connectivity index (χ1v) is 5.73. The van der Waals surface area contributed by atoms with E-state index in [1.54, 1.807) is 18.3 Å². The van der Waals surface area contributed by atoms with Gasteiger partial charge in [-0.3, -0.25) is 4.79 Å². The van der Waals surface area contributed by atoms with Crippen LogP contribution in [0, 0.1) is 17.8 Å². The van der Waals surface area contributed by atoms with Crippen molar-refractivity contribution in [2.75, 3.05) is 13.1 Å². The second kappa shape index (κ2) is 5.46. The van der Waals surface area contributed by atoms with Gasteiger partial charge in [0, 0.05) is 18.3 Å². The maximum Gasteiger partial charge on any atom is 0.269 e. The van der Waals surface area contributed by atoms with E-state index in [-0.39, 0.29) is 5.91 Å². The van der Waals surface area contributed by atoms with Crippen molar-refractivity contribution in [2.24, 2.45) is 11.7 Å².